The van der Waals surface area contributed by atoms with E-state index in [0.717, 1.165) is 0 Å². The van der Waals surface area contributed by atoms with Crippen LogP contribution < -0.4 is 16.2 Å². The molecular formula is C12H11Cl2N3O2S. The Bertz CT molecular complexity index is 743. The molecule has 106 valence electrons. The lowest BCUT2D eigenvalue weighted by molar-refractivity contribution is 0.598. The van der Waals surface area contributed by atoms with Gasteiger partial charge < -0.3 is 11.1 Å². The Kier molecular flexibility index (Phi) is 4.10. The molecule has 8 heteroatoms. The van der Waals surface area contributed by atoms with Gasteiger partial charge in [0.25, 0.3) is 0 Å². The molecule has 0 aromatic heterocycles. The van der Waals surface area contributed by atoms with Crippen molar-refractivity contribution in [3.63, 3.8) is 0 Å². The van der Waals surface area contributed by atoms with Crippen molar-refractivity contribution < 1.29 is 8.42 Å². The third kappa shape index (κ3) is 3.16. The van der Waals surface area contributed by atoms with Crippen molar-refractivity contribution in [1.82, 2.24) is 0 Å². The molecule has 0 unspecified atom stereocenters. The zero-order chi connectivity index (χ0) is 14.9. The average molecular weight is 332 g/mol. The fourth-order valence-corrected chi connectivity index (χ4v) is 2.62. The number of rotatable bonds is 3. The lowest BCUT2D eigenvalue weighted by atomic mass is 10.2. The van der Waals surface area contributed by atoms with E-state index >= 15 is 0 Å². The van der Waals surface area contributed by atoms with E-state index in [2.05, 4.69) is 5.32 Å². The molecule has 0 fully saturated rings. The number of benzene rings is 2. The first-order valence-electron chi connectivity index (χ1n) is 5.42. The lowest BCUT2D eigenvalue weighted by Crippen LogP contribution is -2.12. The van der Waals surface area contributed by atoms with Gasteiger partial charge in [-0.3, -0.25) is 0 Å². The van der Waals surface area contributed by atoms with Gasteiger partial charge in [0.15, 0.2) is 0 Å². The van der Waals surface area contributed by atoms with Gasteiger partial charge in [0.05, 0.1) is 32.0 Å². The topological polar surface area (TPSA) is 98.2 Å². The van der Waals surface area contributed by atoms with Crippen molar-refractivity contribution in [2.24, 2.45) is 5.14 Å². The molecule has 0 saturated carbocycles. The van der Waals surface area contributed by atoms with Gasteiger partial charge in [-0.15, -0.1) is 0 Å². The fraction of sp³-hybridized carbons (Fsp3) is 0. The van der Waals surface area contributed by atoms with E-state index in [1.165, 1.54) is 18.2 Å². The van der Waals surface area contributed by atoms with E-state index in [1.54, 1.807) is 18.2 Å². The third-order valence-electron chi connectivity index (χ3n) is 2.57. The van der Waals surface area contributed by atoms with Crippen molar-refractivity contribution in [2.75, 3.05) is 11.1 Å². The summed E-state index contributed by atoms with van der Waals surface area (Å²) in [7, 11) is -3.79. The summed E-state index contributed by atoms with van der Waals surface area (Å²) in [6, 6.07) is 9.16. The SMILES string of the molecule is Nc1cc(S(N)(=O)=O)ccc1Nc1c(Cl)cccc1Cl. The Morgan fingerprint density at radius 3 is 2.15 bits per heavy atom. The zero-order valence-electron chi connectivity index (χ0n) is 10.1. The number of primary sulfonamides is 1. The quantitative estimate of drug-likeness (QED) is 0.753. The van der Waals surface area contributed by atoms with Crippen molar-refractivity contribution in [1.29, 1.82) is 0 Å². The standard InChI is InChI=1S/C12H11Cl2N3O2S/c13-8-2-1-3-9(14)12(8)17-11-5-4-7(6-10(11)15)20(16,18)19/h1-6,17H,15H2,(H2,16,18,19). The number of hydrogen-bond acceptors (Lipinski definition) is 4. The summed E-state index contributed by atoms with van der Waals surface area (Å²) in [5.41, 5.74) is 6.98. The predicted octanol–water partition coefficient (Wildman–Crippen LogP) is 2.97. The Labute approximate surface area is 126 Å². The summed E-state index contributed by atoms with van der Waals surface area (Å²) in [4.78, 5) is -0.0641. The largest absolute Gasteiger partial charge is 0.397 e. The minimum Gasteiger partial charge on any atom is -0.397 e. The second-order valence-corrected chi connectivity index (χ2v) is 6.39. The molecule has 20 heavy (non-hydrogen) atoms. The van der Waals surface area contributed by atoms with Crippen LogP contribution in [0.4, 0.5) is 17.1 Å². The van der Waals surface area contributed by atoms with Crippen LogP contribution in [-0.2, 0) is 10.0 Å². The summed E-state index contributed by atoms with van der Waals surface area (Å²) in [5.74, 6) is 0. The summed E-state index contributed by atoms with van der Waals surface area (Å²) < 4.78 is 22.4. The molecule has 0 bridgehead atoms. The number of nitrogens with two attached hydrogens (primary N) is 2. The summed E-state index contributed by atoms with van der Waals surface area (Å²) in [6.45, 7) is 0. The van der Waals surface area contributed by atoms with E-state index in [9.17, 15) is 8.42 Å². The lowest BCUT2D eigenvalue weighted by Gasteiger charge is -2.13. The van der Waals surface area contributed by atoms with Gasteiger partial charge in [0.2, 0.25) is 10.0 Å². The number of para-hydroxylation sites is 1. The van der Waals surface area contributed by atoms with Crippen molar-refractivity contribution in [3.05, 3.63) is 46.4 Å². The van der Waals surface area contributed by atoms with Crippen LogP contribution >= 0.6 is 23.2 Å². The molecule has 0 saturated heterocycles. The fourth-order valence-electron chi connectivity index (χ4n) is 1.58. The molecular weight excluding hydrogens is 321 g/mol. The average Bonchev–Trinajstić information content (AvgIpc) is 2.34. The summed E-state index contributed by atoms with van der Waals surface area (Å²) in [5, 5.41) is 8.84. The second-order valence-electron chi connectivity index (χ2n) is 4.02. The van der Waals surface area contributed by atoms with Gasteiger partial charge in [0.1, 0.15) is 0 Å². The number of nitrogens with one attached hydrogen (secondary N) is 1. The summed E-state index contributed by atoms with van der Waals surface area (Å²) in [6.07, 6.45) is 0. The Balaban J connectivity index is 2.41. The molecule has 2 aromatic rings. The zero-order valence-corrected chi connectivity index (χ0v) is 12.4. The van der Waals surface area contributed by atoms with Gasteiger partial charge in [-0.1, -0.05) is 29.3 Å². The highest BCUT2D eigenvalue weighted by Gasteiger charge is 2.12. The van der Waals surface area contributed by atoms with Gasteiger partial charge in [0, 0.05) is 0 Å². The molecule has 2 rings (SSSR count). The molecule has 5 N–H and O–H groups in total. The van der Waals surface area contributed by atoms with Crippen molar-refractivity contribution >= 4 is 50.3 Å². The maximum Gasteiger partial charge on any atom is 0.238 e. The number of nitrogen functional groups attached to an aromatic ring is 1. The smallest absolute Gasteiger partial charge is 0.238 e. The number of halogens is 2. The van der Waals surface area contributed by atoms with E-state index in [1.807, 2.05) is 0 Å². The molecule has 0 aliphatic heterocycles. The molecule has 0 amide bonds. The molecule has 2 aromatic carbocycles. The maximum atomic E-state index is 11.2. The number of hydrogen-bond donors (Lipinski definition) is 3. The molecule has 0 heterocycles. The predicted molar refractivity (Wildman–Crippen MR) is 82.0 cm³/mol. The monoisotopic (exact) mass is 331 g/mol. The second kappa shape index (κ2) is 5.49. The van der Waals surface area contributed by atoms with Crippen molar-refractivity contribution in [3.8, 4) is 0 Å². The molecule has 0 atom stereocenters. The van der Waals surface area contributed by atoms with Crippen LogP contribution in [0, 0.1) is 0 Å². The van der Waals surface area contributed by atoms with E-state index in [-0.39, 0.29) is 10.6 Å². The van der Waals surface area contributed by atoms with E-state index in [4.69, 9.17) is 34.1 Å². The highest BCUT2D eigenvalue weighted by atomic mass is 35.5. The Morgan fingerprint density at radius 1 is 1.05 bits per heavy atom. The highest BCUT2D eigenvalue weighted by molar-refractivity contribution is 7.89. The highest BCUT2D eigenvalue weighted by Crippen LogP contribution is 2.34. The minimum absolute atomic E-state index is 0.0641. The molecule has 0 aliphatic carbocycles. The molecule has 0 spiro atoms. The first-order valence-corrected chi connectivity index (χ1v) is 7.72. The van der Waals surface area contributed by atoms with Crippen LogP contribution in [0.25, 0.3) is 0 Å². The normalized spacial score (nSPS) is 11.3. The van der Waals surface area contributed by atoms with E-state index < -0.39 is 10.0 Å². The van der Waals surface area contributed by atoms with Crippen LogP contribution in [0.1, 0.15) is 0 Å². The van der Waals surface area contributed by atoms with Crippen LogP contribution in [0.5, 0.6) is 0 Å². The van der Waals surface area contributed by atoms with Gasteiger partial charge in [-0.25, -0.2) is 13.6 Å². The Morgan fingerprint density at radius 2 is 1.65 bits per heavy atom. The van der Waals surface area contributed by atoms with Crippen LogP contribution in [0.15, 0.2) is 41.3 Å². The van der Waals surface area contributed by atoms with Crippen molar-refractivity contribution in [2.45, 2.75) is 4.90 Å². The first kappa shape index (κ1) is 14.9. The van der Waals surface area contributed by atoms with Crippen LogP contribution in [-0.4, -0.2) is 8.42 Å². The number of anilines is 3. The maximum absolute atomic E-state index is 11.2. The minimum atomic E-state index is -3.79. The van der Waals surface area contributed by atoms with Crippen LogP contribution in [0.3, 0.4) is 0 Å². The van der Waals surface area contributed by atoms with Gasteiger partial charge in [-0.2, -0.15) is 0 Å². The number of sulfonamides is 1. The molecule has 5 nitrogen and oxygen atoms in total. The van der Waals surface area contributed by atoms with Gasteiger partial charge >= 0.3 is 0 Å². The first-order chi connectivity index (χ1) is 9.29. The molecule has 0 radical (unpaired) electrons. The van der Waals surface area contributed by atoms with Gasteiger partial charge in [-0.05, 0) is 30.3 Å². The van der Waals surface area contributed by atoms with E-state index in [0.29, 0.717) is 21.4 Å². The third-order valence-corrected chi connectivity index (χ3v) is 4.11. The Hall–Kier alpha value is -1.47. The molecule has 0 aliphatic rings. The summed E-state index contributed by atoms with van der Waals surface area (Å²) >= 11 is 12.1. The van der Waals surface area contributed by atoms with Crippen LogP contribution in [0.2, 0.25) is 10.0 Å².